The first-order valence-corrected chi connectivity index (χ1v) is 7.30. The lowest BCUT2D eigenvalue weighted by atomic mass is 10.1. The van der Waals surface area contributed by atoms with E-state index in [2.05, 4.69) is 15.9 Å². The van der Waals surface area contributed by atoms with Gasteiger partial charge in [-0.1, -0.05) is 35.0 Å². The van der Waals surface area contributed by atoms with Gasteiger partial charge in [-0.25, -0.2) is 12.8 Å². The molecule has 1 aromatic carbocycles. The number of benzene rings is 1. The van der Waals surface area contributed by atoms with E-state index in [1.165, 1.54) is 25.1 Å². The molecule has 0 saturated carbocycles. The van der Waals surface area contributed by atoms with Crippen LogP contribution in [0.1, 0.15) is 18.6 Å². The summed E-state index contributed by atoms with van der Waals surface area (Å²) in [5.41, 5.74) is 0.235. The number of sulfone groups is 1. The fourth-order valence-corrected chi connectivity index (χ4v) is 3.16. The second-order valence-corrected chi connectivity index (χ2v) is 7.31. The van der Waals surface area contributed by atoms with Crippen LogP contribution in [-0.4, -0.2) is 23.4 Å². The minimum Gasteiger partial charge on any atom is -0.386 e. The molecule has 1 N–H and O–H groups in total. The van der Waals surface area contributed by atoms with Crippen LogP contribution in [0.5, 0.6) is 0 Å². The molecule has 0 aromatic heterocycles. The Hall–Kier alpha value is -0.460. The fourth-order valence-electron chi connectivity index (χ4n) is 1.20. The van der Waals surface area contributed by atoms with Gasteiger partial charge in [-0.3, -0.25) is 0 Å². The number of alkyl halides is 1. The minimum atomic E-state index is -3.41. The summed E-state index contributed by atoms with van der Waals surface area (Å²) in [6, 6.07) is 5.25. The summed E-state index contributed by atoms with van der Waals surface area (Å²) < 4.78 is 34.8. The largest absolute Gasteiger partial charge is 0.386 e. The number of hydrogen-bond acceptors (Lipinski definition) is 3. The molecule has 16 heavy (non-hydrogen) atoms. The zero-order chi connectivity index (χ0) is 12.3. The van der Waals surface area contributed by atoms with Crippen LogP contribution in [0.25, 0.3) is 0 Å². The molecular weight excluding hydrogens is 299 g/mol. The molecule has 1 rings (SSSR count). The summed E-state index contributed by atoms with van der Waals surface area (Å²) in [5.74, 6) is -0.597. The summed E-state index contributed by atoms with van der Waals surface area (Å²) in [6.07, 6.45) is -1.28. The highest BCUT2D eigenvalue weighted by Crippen LogP contribution is 2.27. The number of rotatable bonds is 4. The number of hydrogen-bond donors (Lipinski definition) is 1. The summed E-state index contributed by atoms with van der Waals surface area (Å²) in [4.78, 5) is 0. The SMILES string of the molecule is CCS(=O)(=O)[C@H](Br)[C@@H](O)c1cccc(F)c1. The van der Waals surface area contributed by atoms with E-state index in [4.69, 9.17) is 0 Å². The molecule has 90 valence electrons. The van der Waals surface area contributed by atoms with Crippen molar-refractivity contribution < 1.29 is 17.9 Å². The van der Waals surface area contributed by atoms with Crippen LogP contribution in [0.3, 0.4) is 0 Å². The van der Waals surface area contributed by atoms with Gasteiger partial charge in [0.15, 0.2) is 9.84 Å². The van der Waals surface area contributed by atoms with Gasteiger partial charge in [0, 0.05) is 5.75 Å². The Bertz CT molecular complexity index is 461. The Morgan fingerprint density at radius 1 is 1.50 bits per heavy atom. The van der Waals surface area contributed by atoms with E-state index < -0.39 is 25.9 Å². The van der Waals surface area contributed by atoms with Crippen molar-refractivity contribution in [3.8, 4) is 0 Å². The van der Waals surface area contributed by atoms with Gasteiger partial charge in [-0.15, -0.1) is 0 Å². The minimum absolute atomic E-state index is 0.0880. The van der Waals surface area contributed by atoms with E-state index in [0.717, 1.165) is 6.07 Å². The van der Waals surface area contributed by atoms with Crippen LogP contribution in [0.15, 0.2) is 24.3 Å². The molecule has 0 bridgehead atoms. The molecule has 2 atom stereocenters. The molecule has 0 aliphatic heterocycles. The predicted molar refractivity (Wildman–Crippen MR) is 63.5 cm³/mol. The average Bonchev–Trinajstić information content (AvgIpc) is 2.27. The number of halogens is 2. The van der Waals surface area contributed by atoms with E-state index in [9.17, 15) is 17.9 Å². The maximum absolute atomic E-state index is 12.9. The van der Waals surface area contributed by atoms with Crippen molar-refractivity contribution in [1.82, 2.24) is 0 Å². The summed E-state index contributed by atoms with van der Waals surface area (Å²) >= 11 is 2.93. The third-order valence-corrected chi connectivity index (χ3v) is 6.14. The molecule has 3 nitrogen and oxygen atoms in total. The standard InChI is InChI=1S/C10H12BrFO3S/c1-2-16(14,15)10(11)9(13)7-4-3-5-8(12)6-7/h3-6,9-10,13H,2H2,1H3/t9-,10-/m0/s1. The molecule has 6 heteroatoms. The quantitative estimate of drug-likeness (QED) is 0.866. The lowest BCUT2D eigenvalue weighted by molar-refractivity contribution is 0.194. The molecule has 0 unspecified atom stereocenters. The van der Waals surface area contributed by atoms with Gasteiger partial charge in [0.1, 0.15) is 16.1 Å². The van der Waals surface area contributed by atoms with E-state index in [1.807, 2.05) is 0 Å². The molecule has 0 amide bonds. The third kappa shape index (κ3) is 3.02. The number of aliphatic hydroxyl groups is 1. The van der Waals surface area contributed by atoms with Crippen LogP contribution in [-0.2, 0) is 9.84 Å². The van der Waals surface area contributed by atoms with E-state index in [0.29, 0.717) is 0 Å². The molecule has 0 spiro atoms. The Labute approximate surface area is 102 Å². The van der Waals surface area contributed by atoms with Crippen LogP contribution < -0.4 is 0 Å². The molecule has 0 aliphatic carbocycles. The highest BCUT2D eigenvalue weighted by Gasteiger charge is 2.29. The smallest absolute Gasteiger partial charge is 0.165 e. The van der Waals surface area contributed by atoms with Crippen molar-refractivity contribution >= 4 is 25.8 Å². The summed E-state index contributed by atoms with van der Waals surface area (Å²) in [7, 11) is -3.41. The maximum atomic E-state index is 12.9. The highest BCUT2D eigenvalue weighted by molar-refractivity contribution is 9.11. The Balaban J connectivity index is 2.99. The average molecular weight is 311 g/mol. The van der Waals surface area contributed by atoms with Crippen molar-refractivity contribution in [2.75, 3.05) is 5.75 Å². The maximum Gasteiger partial charge on any atom is 0.165 e. The third-order valence-electron chi connectivity index (χ3n) is 2.18. The summed E-state index contributed by atoms with van der Waals surface area (Å²) in [6.45, 7) is 1.49. The molecule has 0 saturated heterocycles. The van der Waals surface area contributed by atoms with Crippen molar-refractivity contribution in [3.63, 3.8) is 0 Å². The van der Waals surface area contributed by atoms with Gasteiger partial charge in [0.05, 0.1) is 0 Å². The first-order chi connectivity index (χ1) is 7.38. The van der Waals surface area contributed by atoms with Crippen molar-refractivity contribution in [3.05, 3.63) is 35.6 Å². The van der Waals surface area contributed by atoms with Gasteiger partial charge >= 0.3 is 0 Å². The van der Waals surface area contributed by atoms with Crippen molar-refractivity contribution in [1.29, 1.82) is 0 Å². The van der Waals surface area contributed by atoms with Crippen LogP contribution in [0, 0.1) is 5.82 Å². The molecule has 1 aromatic rings. The number of aliphatic hydroxyl groups excluding tert-OH is 1. The topological polar surface area (TPSA) is 54.4 Å². The monoisotopic (exact) mass is 310 g/mol. The van der Waals surface area contributed by atoms with E-state index in [-0.39, 0.29) is 11.3 Å². The summed E-state index contributed by atoms with van der Waals surface area (Å²) in [5, 5.41) is 9.79. The van der Waals surface area contributed by atoms with Gasteiger partial charge < -0.3 is 5.11 Å². The Morgan fingerprint density at radius 3 is 2.62 bits per heavy atom. The van der Waals surface area contributed by atoms with Crippen molar-refractivity contribution in [2.45, 2.75) is 17.2 Å². The predicted octanol–water partition coefficient (Wildman–Crippen LogP) is 2.01. The Morgan fingerprint density at radius 2 is 2.12 bits per heavy atom. The molecule has 0 heterocycles. The fraction of sp³-hybridized carbons (Fsp3) is 0.400. The lowest BCUT2D eigenvalue weighted by Crippen LogP contribution is -2.24. The van der Waals surface area contributed by atoms with Crippen LogP contribution in [0.4, 0.5) is 4.39 Å². The van der Waals surface area contributed by atoms with Gasteiger partial charge in [0.2, 0.25) is 0 Å². The zero-order valence-electron chi connectivity index (χ0n) is 8.60. The van der Waals surface area contributed by atoms with Crippen LogP contribution >= 0.6 is 15.9 Å². The van der Waals surface area contributed by atoms with Crippen molar-refractivity contribution in [2.24, 2.45) is 0 Å². The Kier molecular flexibility index (Phi) is 4.46. The first-order valence-electron chi connectivity index (χ1n) is 4.67. The highest BCUT2D eigenvalue weighted by atomic mass is 79.9. The first kappa shape index (κ1) is 13.6. The van der Waals surface area contributed by atoms with E-state index in [1.54, 1.807) is 0 Å². The molecule has 0 radical (unpaired) electrons. The zero-order valence-corrected chi connectivity index (χ0v) is 11.0. The second-order valence-electron chi connectivity index (χ2n) is 3.30. The molecule has 0 aliphatic rings. The van der Waals surface area contributed by atoms with Crippen LogP contribution in [0.2, 0.25) is 0 Å². The van der Waals surface area contributed by atoms with Gasteiger partial charge in [0.25, 0.3) is 0 Å². The normalized spacial score (nSPS) is 15.8. The van der Waals surface area contributed by atoms with Gasteiger partial charge in [-0.05, 0) is 17.7 Å². The molecule has 0 fully saturated rings. The lowest BCUT2D eigenvalue weighted by Gasteiger charge is -2.17. The van der Waals surface area contributed by atoms with Gasteiger partial charge in [-0.2, -0.15) is 0 Å². The van der Waals surface area contributed by atoms with E-state index >= 15 is 0 Å². The molecular formula is C10H12BrFO3S. The second kappa shape index (κ2) is 5.25.